The average molecular weight is 241 g/mol. The number of hydrogen-bond acceptors (Lipinski definition) is 4. The number of sulfone groups is 1. The molecule has 2 rings (SSSR count). The molecule has 5 nitrogen and oxygen atoms in total. The quantitative estimate of drug-likeness (QED) is 0.809. The van der Waals surface area contributed by atoms with E-state index in [2.05, 4.69) is 0 Å². The van der Waals surface area contributed by atoms with Crippen molar-refractivity contribution in [3.63, 3.8) is 0 Å². The number of aliphatic carboxylic acids is 1. The van der Waals surface area contributed by atoms with Crippen molar-refractivity contribution in [1.29, 1.82) is 0 Å². The van der Waals surface area contributed by atoms with Crippen molar-refractivity contribution in [3.05, 3.63) is 24.3 Å². The van der Waals surface area contributed by atoms with Crippen molar-refractivity contribution in [2.75, 3.05) is 23.7 Å². The molecule has 0 spiro atoms. The predicted octanol–water partition coefficient (Wildman–Crippen LogP) is 0.365. The maximum absolute atomic E-state index is 11.7. The molecule has 0 aliphatic carbocycles. The Balaban J connectivity index is 2.47. The highest BCUT2D eigenvalue weighted by atomic mass is 32.2. The minimum Gasteiger partial charge on any atom is -0.480 e. The summed E-state index contributed by atoms with van der Waals surface area (Å²) < 4.78 is 23.5. The zero-order valence-electron chi connectivity index (χ0n) is 8.46. The van der Waals surface area contributed by atoms with E-state index in [1.165, 1.54) is 6.07 Å². The lowest BCUT2D eigenvalue weighted by Gasteiger charge is -2.29. The van der Waals surface area contributed by atoms with E-state index in [1.807, 2.05) is 0 Å². The van der Waals surface area contributed by atoms with Crippen molar-refractivity contribution >= 4 is 21.5 Å². The maximum atomic E-state index is 11.7. The van der Waals surface area contributed by atoms with Crippen LogP contribution in [0.15, 0.2) is 29.2 Å². The predicted molar refractivity (Wildman–Crippen MR) is 58.3 cm³/mol. The molecule has 86 valence electrons. The van der Waals surface area contributed by atoms with Crippen LogP contribution in [0.2, 0.25) is 0 Å². The van der Waals surface area contributed by atoms with Crippen LogP contribution in [0.25, 0.3) is 0 Å². The molecule has 1 aromatic carbocycles. The van der Waals surface area contributed by atoms with E-state index < -0.39 is 15.8 Å². The number of fused-ring (bicyclic) bond motifs is 1. The Morgan fingerprint density at radius 2 is 2.06 bits per heavy atom. The summed E-state index contributed by atoms with van der Waals surface area (Å²) in [5, 5.41) is 8.73. The highest BCUT2D eigenvalue weighted by Gasteiger charge is 2.28. The van der Waals surface area contributed by atoms with Gasteiger partial charge in [0.15, 0.2) is 9.84 Å². The van der Waals surface area contributed by atoms with Gasteiger partial charge in [-0.15, -0.1) is 0 Å². The second kappa shape index (κ2) is 3.79. The Morgan fingerprint density at radius 3 is 2.75 bits per heavy atom. The number of hydrogen-bond donors (Lipinski definition) is 1. The number of nitrogens with zero attached hydrogens (tertiary/aromatic N) is 1. The van der Waals surface area contributed by atoms with E-state index in [9.17, 15) is 13.2 Å². The van der Waals surface area contributed by atoms with Crippen LogP contribution in [0.5, 0.6) is 0 Å². The monoisotopic (exact) mass is 241 g/mol. The van der Waals surface area contributed by atoms with Gasteiger partial charge in [-0.25, -0.2) is 8.42 Å². The lowest BCUT2D eigenvalue weighted by Crippen LogP contribution is -2.38. The Bertz CT molecular complexity index is 523. The molecule has 1 heterocycles. The minimum absolute atomic E-state index is 0.0305. The van der Waals surface area contributed by atoms with Gasteiger partial charge in [-0.3, -0.25) is 4.79 Å². The normalized spacial score (nSPS) is 17.9. The molecule has 16 heavy (non-hydrogen) atoms. The lowest BCUT2D eigenvalue weighted by atomic mass is 10.3. The Kier molecular flexibility index (Phi) is 2.59. The summed E-state index contributed by atoms with van der Waals surface area (Å²) in [6, 6.07) is 6.49. The van der Waals surface area contributed by atoms with E-state index >= 15 is 0 Å². The molecule has 0 bridgehead atoms. The molecule has 0 aromatic heterocycles. The average Bonchev–Trinajstić information content (AvgIpc) is 2.23. The van der Waals surface area contributed by atoms with Gasteiger partial charge in [-0.2, -0.15) is 0 Å². The van der Waals surface area contributed by atoms with Gasteiger partial charge in [0, 0.05) is 6.54 Å². The number of carbonyl (C=O) groups is 1. The maximum Gasteiger partial charge on any atom is 0.323 e. The van der Waals surface area contributed by atoms with Crippen LogP contribution in [0, 0.1) is 0 Å². The molecule has 1 N–H and O–H groups in total. The molecule has 0 saturated heterocycles. The van der Waals surface area contributed by atoms with E-state index in [-0.39, 0.29) is 23.7 Å². The topological polar surface area (TPSA) is 74.7 Å². The van der Waals surface area contributed by atoms with Crippen LogP contribution in [-0.4, -0.2) is 38.3 Å². The molecule has 1 aliphatic heterocycles. The van der Waals surface area contributed by atoms with Gasteiger partial charge in [0.25, 0.3) is 0 Å². The second-order valence-corrected chi connectivity index (χ2v) is 5.68. The fraction of sp³-hybridized carbons (Fsp3) is 0.300. The third kappa shape index (κ3) is 1.88. The van der Waals surface area contributed by atoms with E-state index in [4.69, 9.17) is 5.11 Å². The lowest BCUT2D eigenvalue weighted by molar-refractivity contribution is -0.135. The molecular weight excluding hydrogens is 230 g/mol. The minimum atomic E-state index is -3.25. The van der Waals surface area contributed by atoms with Crippen LogP contribution in [-0.2, 0) is 14.6 Å². The number of anilines is 1. The smallest absolute Gasteiger partial charge is 0.323 e. The van der Waals surface area contributed by atoms with Crippen LogP contribution in [0.3, 0.4) is 0 Å². The number of carboxylic acid groups (broad SMARTS) is 1. The second-order valence-electron chi connectivity index (χ2n) is 3.60. The molecule has 0 unspecified atom stereocenters. The third-order valence-corrected chi connectivity index (χ3v) is 4.23. The highest BCUT2D eigenvalue weighted by Crippen LogP contribution is 2.29. The summed E-state index contributed by atoms with van der Waals surface area (Å²) >= 11 is 0. The Morgan fingerprint density at radius 1 is 1.38 bits per heavy atom. The first-order valence-electron chi connectivity index (χ1n) is 4.79. The Labute approximate surface area is 93.2 Å². The van der Waals surface area contributed by atoms with Gasteiger partial charge in [-0.05, 0) is 12.1 Å². The zero-order valence-corrected chi connectivity index (χ0v) is 9.27. The summed E-state index contributed by atoms with van der Waals surface area (Å²) in [5.41, 5.74) is 0.483. The van der Waals surface area contributed by atoms with Crippen LogP contribution in [0.4, 0.5) is 5.69 Å². The fourth-order valence-electron chi connectivity index (χ4n) is 1.77. The molecule has 6 heteroatoms. The van der Waals surface area contributed by atoms with Gasteiger partial charge < -0.3 is 10.0 Å². The van der Waals surface area contributed by atoms with Crippen molar-refractivity contribution in [3.8, 4) is 0 Å². The molecule has 0 amide bonds. The first kappa shape index (κ1) is 10.9. The van der Waals surface area contributed by atoms with Crippen molar-refractivity contribution < 1.29 is 18.3 Å². The first-order valence-corrected chi connectivity index (χ1v) is 6.44. The molecule has 0 fully saturated rings. The SMILES string of the molecule is O=C(O)CN1CCS(=O)(=O)c2ccccc21. The number of carboxylic acids is 1. The first-order chi connectivity index (χ1) is 7.50. The van der Waals surface area contributed by atoms with Crippen LogP contribution in [0.1, 0.15) is 0 Å². The third-order valence-electron chi connectivity index (χ3n) is 2.50. The molecular formula is C10H11NO4S. The molecule has 0 atom stereocenters. The van der Waals surface area contributed by atoms with Gasteiger partial charge in [-0.1, -0.05) is 12.1 Å². The van der Waals surface area contributed by atoms with Gasteiger partial charge >= 0.3 is 5.97 Å². The summed E-state index contributed by atoms with van der Waals surface area (Å²) in [7, 11) is -3.25. The van der Waals surface area contributed by atoms with Gasteiger partial charge in [0.05, 0.1) is 16.3 Å². The van der Waals surface area contributed by atoms with Crippen molar-refractivity contribution in [2.24, 2.45) is 0 Å². The molecule has 0 radical (unpaired) electrons. The summed E-state index contributed by atoms with van der Waals surface area (Å²) in [6.45, 7) is 0.0537. The van der Waals surface area contributed by atoms with E-state index in [1.54, 1.807) is 23.1 Å². The molecule has 1 aliphatic rings. The zero-order chi connectivity index (χ0) is 11.8. The molecule has 0 saturated carbocycles. The largest absolute Gasteiger partial charge is 0.480 e. The van der Waals surface area contributed by atoms with Gasteiger partial charge in [0.2, 0.25) is 0 Å². The molecule has 1 aromatic rings. The standard InChI is InChI=1S/C10H11NO4S/c12-10(13)7-11-5-6-16(14,15)9-4-2-1-3-8(9)11/h1-4H,5-7H2,(H,12,13). The number of rotatable bonds is 2. The fourth-order valence-corrected chi connectivity index (χ4v) is 3.25. The van der Waals surface area contributed by atoms with E-state index in [0.717, 1.165) is 0 Å². The van der Waals surface area contributed by atoms with Crippen molar-refractivity contribution in [2.45, 2.75) is 4.90 Å². The summed E-state index contributed by atoms with van der Waals surface area (Å²) in [5.74, 6) is -0.994. The number of benzene rings is 1. The van der Waals surface area contributed by atoms with Crippen LogP contribution < -0.4 is 4.90 Å². The summed E-state index contributed by atoms with van der Waals surface area (Å²) in [6.07, 6.45) is 0. The number of para-hydroxylation sites is 1. The van der Waals surface area contributed by atoms with Crippen LogP contribution >= 0.6 is 0 Å². The van der Waals surface area contributed by atoms with Crippen molar-refractivity contribution in [1.82, 2.24) is 0 Å². The van der Waals surface area contributed by atoms with Gasteiger partial charge in [0.1, 0.15) is 6.54 Å². The summed E-state index contributed by atoms with van der Waals surface area (Å²) in [4.78, 5) is 12.4. The van der Waals surface area contributed by atoms with E-state index in [0.29, 0.717) is 5.69 Å². The highest BCUT2D eigenvalue weighted by molar-refractivity contribution is 7.91. The Hall–Kier alpha value is -1.56.